The third kappa shape index (κ3) is 5.31. The average molecular weight is 410 g/mol. The van der Waals surface area contributed by atoms with Gasteiger partial charge in [0.25, 0.3) is 0 Å². The maximum absolute atomic E-state index is 12.2. The van der Waals surface area contributed by atoms with E-state index in [1.165, 1.54) is 0 Å². The topological polar surface area (TPSA) is 58.6 Å². The van der Waals surface area contributed by atoms with Crippen LogP contribution in [0.3, 0.4) is 0 Å². The Kier molecular flexibility index (Phi) is 6.29. The van der Waals surface area contributed by atoms with E-state index < -0.39 is 0 Å². The van der Waals surface area contributed by atoms with Gasteiger partial charge in [-0.05, 0) is 41.0 Å². The molecule has 1 saturated heterocycles. The van der Waals surface area contributed by atoms with Gasteiger partial charge < -0.3 is 10.1 Å². The Morgan fingerprint density at radius 2 is 1.65 bits per heavy atom. The highest BCUT2D eigenvalue weighted by Crippen LogP contribution is 2.20. The molecule has 4 rings (SSSR count). The SMILES string of the molecule is O=C(Cc1ccc(-c2ccccc2)cc1)NCC#Cc1ccc(N2CCOC2=O)cc1. The maximum atomic E-state index is 12.2. The van der Waals surface area contributed by atoms with E-state index in [0.717, 1.165) is 27.9 Å². The van der Waals surface area contributed by atoms with Crippen LogP contribution in [0.1, 0.15) is 11.1 Å². The smallest absolute Gasteiger partial charge is 0.414 e. The number of nitrogens with zero attached hydrogens (tertiary/aromatic N) is 1. The van der Waals surface area contributed by atoms with Crippen LogP contribution in [0.15, 0.2) is 78.9 Å². The van der Waals surface area contributed by atoms with Gasteiger partial charge in [0.15, 0.2) is 0 Å². The molecule has 3 aromatic rings. The number of nitrogens with one attached hydrogen (secondary N) is 1. The van der Waals surface area contributed by atoms with Crippen molar-refractivity contribution in [2.24, 2.45) is 0 Å². The summed E-state index contributed by atoms with van der Waals surface area (Å²) in [4.78, 5) is 25.3. The minimum atomic E-state index is -0.323. The highest BCUT2D eigenvalue weighted by molar-refractivity contribution is 5.89. The van der Waals surface area contributed by atoms with Gasteiger partial charge in [-0.3, -0.25) is 9.69 Å². The molecule has 31 heavy (non-hydrogen) atoms. The summed E-state index contributed by atoms with van der Waals surface area (Å²) in [5.74, 6) is 5.91. The average Bonchev–Trinajstić information content (AvgIpc) is 3.24. The summed E-state index contributed by atoms with van der Waals surface area (Å²) in [5.41, 5.74) is 4.85. The number of amides is 2. The predicted molar refractivity (Wildman–Crippen MR) is 121 cm³/mol. The Morgan fingerprint density at radius 3 is 2.32 bits per heavy atom. The van der Waals surface area contributed by atoms with Gasteiger partial charge in [0, 0.05) is 11.3 Å². The highest BCUT2D eigenvalue weighted by atomic mass is 16.6. The van der Waals surface area contributed by atoms with Crippen LogP contribution >= 0.6 is 0 Å². The molecule has 0 spiro atoms. The highest BCUT2D eigenvalue weighted by Gasteiger charge is 2.23. The second kappa shape index (κ2) is 9.64. The Labute approximate surface area is 181 Å². The summed E-state index contributed by atoms with van der Waals surface area (Å²) in [6, 6.07) is 25.5. The van der Waals surface area contributed by atoms with Gasteiger partial charge in [-0.2, -0.15) is 0 Å². The first-order valence-corrected chi connectivity index (χ1v) is 10.1. The Balaban J connectivity index is 1.25. The first kappa shape index (κ1) is 20.2. The van der Waals surface area contributed by atoms with Crippen LogP contribution in [0.5, 0.6) is 0 Å². The van der Waals surface area contributed by atoms with E-state index in [-0.39, 0.29) is 18.5 Å². The molecular weight excluding hydrogens is 388 g/mol. The fourth-order valence-electron chi connectivity index (χ4n) is 3.34. The van der Waals surface area contributed by atoms with E-state index in [4.69, 9.17) is 4.74 Å². The van der Waals surface area contributed by atoms with Crippen LogP contribution in [0, 0.1) is 11.8 Å². The van der Waals surface area contributed by atoms with Crippen molar-refractivity contribution in [3.05, 3.63) is 90.0 Å². The molecule has 5 nitrogen and oxygen atoms in total. The van der Waals surface area contributed by atoms with Crippen LogP contribution in [-0.4, -0.2) is 31.7 Å². The first-order chi connectivity index (χ1) is 15.2. The van der Waals surface area contributed by atoms with Gasteiger partial charge in [-0.15, -0.1) is 0 Å². The van der Waals surface area contributed by atoms with E-state index in [2.05, 4.69) is 29.3 Å². The quantitative estimate of drug-likeness (QED) is 0.647. The van der Waals surface area contributed by atoms with Gasteiger partial charge in [-0.1, -0.05) is 66.4 Å². The minimum absolute atomic E-state index is 0.0651. The molecule has 1 aliphatic heterocycles. The molecule has 154 valence electrons. The minimum Gasteiger partial charge on any atom is -0.447 e. The Morgan fingerprint density at radius 1 is 0.935 bits per heavy atom. The summed E-state index contributed by atoms with van der Waals surface area (Å²) < 4.78 is 4.94. The van der Waals surface area contributed by atoms with Crippen molar-refractivity contribution in [2.75, 3.05) is 24.6 Å². The molecule has 2 amide bonds. The lowest BCUT2D eigenvalue weighted by Gasteiger charge is -2.11. The van der Waals surface area contributed by atoms with Crippen LogP contribution in [0.25, 0.3) is 11.1 Å². The summed E-state index contributed by atoms with van der Waals surface area (Å²) in [7, 11) is 0. The summed E-state index contributed by atoms with van der Waals surface area (Å²) in [6.45, 7) is 1.25. The van der Waals surface area contributed by atoms with Crippen molar-refractivity contribution in [2.45, 2.75) is 6.42 Å². The zero-order valence-corrected chi connectivity index (χ0v) is 17.0. The summed E-state index contributed by atoms with van der Waals surface area (Å²) in [6.07, 6.45) is -0.00607. The molecule has 5 heteroatoms. The zero-order valence-electron chi connectivity index (χ0n) is 17.0. The lowest BCUT2D eigenvalue weighted by molar-refractivity contribution is -0.120. The van der Waals surface area contributed by atoms with Crippen molar-refractivity contribution in [1.82, 2.24) is 5.32 Å². The largest absolute Gasteiger partial charge is 0.447 e. The van der Waals surface area contributed by atoms with Gasteiger partial charge in [0.1, 0.15) is 6.61 Å². The zero-order chi connectivity index (χ0) is 21.5. The van der Waals surface area contributed by atoms with Gasteiger partial charge in [0.05, 0.1) is 19.5 Å². The van der Waals surface area contributed by atoms with Gasteiger partial charge in [0.2, 0.25) is 5.91 Å². The number of ether oxygens (including phenoxy) is 1. The second-order valence-corrected chi connectivity index (χ2v) is 7.13. The second-order valence-electron chi connectivity index (χ2n) is 7.13. The predicted octanol–water partition coefficient (Wildman–Crippen LogP) is 4.02. The maximum Gasteiger partial charge on any atom is 0.414 e. The summed E-state index contributed by atoms with van der Waals surface area (Å²) >= 11 is 0. The van der Waals surface area contributed by atoms with E-state index >= 15 is 0 Å². The van der Waals surface area contributed by atoms with Crippen LogP contribution in [0.2, 0.25) is 0 Å². The molecule has 1 N–H and O–H groups in total. The Hall–Kier alpha value is -4.04. The molecular formula is C26H22N2O3. The van der Waals surface area contributed by atoms with Crippen molar-refractivity contribution in [1.29, 1.82) is 0 Å². The van der Waals surface area contributed by atoms with Crippen molar-refractivity contribution in [3.8, 4) is 23.0 Å². The Bertz CT molecular complexity index is 1110. The summed E-state index contributed by atoms with van der Waals surface area (Å²) in [5, 5.41) is 2.83. The number of cyclic esters (lactones) is 1. The number of carbonyl (C=O) groups excluding carboxylic acids is 2. The molecule has 0 radical (unpaired) electrons. The van der Waals surface area contributed by atoms with Crippen molar-refractivity contribution < 1.29 is 14.3 Å². The number of carbonyl (C=O) groups is 2. The molecule has 0 unspecified atom stereocenters. The van der Waals surface area contributed by atoms with E-state index in [9.17, 15) is 9.59 Å². The molecule has 0 saturated carbocycles. The number of anilines is 1. The first-order valence-electron chi connectivity index (χ1n) is 10.1. The van der Waals surface area contributed by atoms with Gasteiger partial charge >= 0.3 is 6.09 Å². The third-order valence-corrected chi connectivity index (χ3v) is 4.97. The molecule has 0 aromatic heterocycles. The molecule has 0 bridgehead atoms. The third-order valence-electron chi connectivity index (χ3n) is 4.97. The van der Waals surface area contributed by atoms with Crippen LogP contribution in [-0.2, 0) is 16.0 Å². The molecule has 3 aromatic carbocycles. The van der Waals surface area contributed by atoms with E-state index in [0.29, 0.717) is 19.6 Å². The number of hydrogen-bond donors (Lipinski definition) is 1. The van der Waals surface area contributed by atoms with Gasteiger partial charge in [-0.25, -0.2) is 4.79 Å². The fraction of sp³-hybridized carbons (Fsp3) is 0.154. The molecule has 0 atom stereocenters. The molecule has 1 fully saturated rings. The lowest BCUT2D eigenvalue weighted by Crippen LogP contribution is -2.25. The molecule has 1 heterocycles. The lowest BCUT2D eigenvalue weighted by atomic mass is 10.0. The van der Waals surface area contributed by atoms with Crippen molar-refractivity contribution in [3.63, 3.8) is 0 Å². The standard InChI is InChI=1S/C26H22N2O3/c29-25(19-21-8-12-23(13-9-21)22-6-2-1-3-7-22)27-16-4-5-20-10-14-24(15-11-20)28-17-18-31-26(28)30/h1-3,6-15H,16-19H2,(H,27,29). The number of benzene rings is 3. The normalized spacial score (nSPS) is 12.6. The number of rotatable bonds is 5. The number of hydrogen-bond acceptors (Lipinski definition) is 3. The van der Waals surface area contributed by atoms with Crippen LogP contribution < -0.4 is 10.2 Å². The van der Waals surface area contributed by atoms with E-state index in [1.54, 1.807) is 4.90 Å². The van der Waals surface area contributed by atoms with Crippen molar-refractivity contribution >= 4 is 17.7 Å². The van der Waals surface area contributed by atoms with Crippen LogP contribution in [0.4, 0.5) is 10.5 Å². The molecule has 1 aliphatic rings. The van der Waals surface area contributed by atoms with E-state index in [1.807, 2.05) is 66.7 Å². The fourth-order valence-corrected chi connectivity index (χ4v) is 3.34. The monoisotopic (exact) mass is 410 g/mol. The molecule has 0 aliphatic carbocycles.